The van der Waals surface area contributed by atoms with E-state index in [-0.39, 0.29) is 5.56 Å². The number of aromatic nitrogens is 1. The molecule has 1 rings (SSSR count). The van der Waals surface area contributed by atoms with Crippen LogP contribution in [0.3, 0.4) is 0 Å². The van der Waals surface area contributed by atoms with Crippen LogP contribution in [0.1, 0.15) is 17.3 Å². The number of aliphatic hydroxyl groups is 1. The van der Waals surface area contributed by atoms with Gasteiger partial charge in [-0.15, -0.1) is 0 Å². The van der Waals surface area contributed by atoms with Crippen LogP contribution in [0.25, 0.3) is 0 Å². The van der Waals surface area contributed by atoms with Gasteiger partial charge in [0.2, 0.25) is 0 Å². The van der Waals surface area contributed by atoms with Crippen LogP contribution in [0, 0.1) is 0 Å². The molecule has 7 nitrogen and oxygen atoms in total. The molecule has 0 aliphatic heterocycles. The Bertz CT molecular complexity index is 480. The van der Waals surface area contributed by atoms with Crippen LogP contribution < -0.4 is 10.7 Å². The highest BCUT2D eigenvalue weighted by molar-refractivity contribution is 5.96. The van der Waals surface area contributed by atoms with Gasteiger partial charge < -0.3 is 20.5 Å². The van der Waals surface area contributed by atoms with Crippen molar-refractivity contribution in [3.63, 3.8) is 0 Å². The minimum atomic E-state index is -1.46. The molecular weight excluding hydrogens is 228 g/mol. The van der Waals surface area contributed by atoms with Gasteiger partial charge in [-0.1, -0.05) is 0 Å². The van der Waals surface area contributed by atoms with Gasteiger partial charge in [0, 0.05) is 18.5 Å². The number of aromatic amines is 1. The zero-order chi connectivity index (χ0) is 13.0. The van der Waals surface area contributed by atoms with Crippen molar-refractivity contribution in [2.45, 2.75) is 19.1 Å². The first-order valence-electron chi connectivity index (χ1n) is 4.82. The molecule has 0 aromatic carbocycles. The first-order valence-corrected chi connectivity index (χ1v) is 4.82. The van der Waals surface area contributed by atoms with E-state index in [4.69, 9.17) is 10.2 Å². The van der Waals surface area contributed by atoms with Crippen LogP contribution >= 0.6 is 0 Å². The molecule has 0 unspecified atom stereocenters. The van der Waals surface area contributed by atoms with E-state index in [1.165, 1.54) is 19.3 Å². The van der Waals surface area contributed by atoms with E-state index in [9.17, 15) is 14.4 Å². The van der Waals surface area contributed by atoms with Gasteiger partial charge in [0.05, 0.1) is 6.10 Å². The first-order chi connectivity index (χ1) is 7.93. The van der Waals surface area contributed by atoms with Gasteiger partial charge in [-0.25, -0.2) is 4.79 Å². The minimum Gasteiger partial charge on any atom is -0.480 e. The topological polar surface area (TPSA) is 119 Å². The van der Waals surface area contributed by atoms with E-state index in [2.05, 4.69) is 10.3 Å². The number of carbonyl (C=O) groups excluding carboxylic acids is 1. The number of rotatable bonds is 4. The molecular formula is C10H12N2O5. The molecule has 0 saturated carbocycles. The normalized spacial score (nSPS) is 13.8. The summed E-state index contributed by atoms with van der Waals surface area (Å²) in [7, 11) is 0. The third-order valence-corrected chi connectivity index (χ3v) is 2.10. The monoisotopic (exact) mass is 240 g/mol. The first kappa shape index (κ1) is 12.9. The summed E-state index contributed by atoms with van der Waals surface area (Å²) < 4.78 is 0. The highest BCUT2D eigenvalue weighted by atomic mass is 16.4. The molecule has 1 aromatic heterocycles. The van der Waals surface area contributed by atoms with Crippen LogP contribution in [0.2, 0.25) is 0 Å². The molecule has 7 heteroatoms. The van der Waals surface area contributed by atoms with Crippen LogP contribution in [0.15, 0.2) is 23.3 Å². The van der Waals surface area contributed by atoms with Crippen molar-refractivity contribution in [1.82, 2.24) is 10.3 Å². The standard InChI is InChI=1S/C10H12N2O5/c1-5(13)8(10(16)17)12-9(15)6-4-11-3-2-7(6)14/h2-5,8,13H,1H3,(H,11,14)(H,12,15)(H,16,17)/t5-,8+/m1/s1. The zero-order valence-electron chi connectivity index (χ0n) is 9.01. The summed E-state index contributed by atoms with van der Waals surface area (Å²) in [4.78, 5) is 36.1. The van der Waals surface area contributed by atoms with Crippen LogP contribution in [-0.4, -0.2) is 39.2 Å². The lowest BCUT2D eigenvalue weighted by atomic mass is 10.1. The summed E-state index contributed by atoms with van der Waals surface area (Å²) in [6.07, 6.45) is 1.25. The number of pyridine rings is 1. The molecule has 1 amide bonds. The molecule has 4 N–H and O–H groups in total. The van der Waals surface area contributed by atoms with Gasteiger partial charge in [0.25, 0.3) is 5.91 Å². The Labute approximate surface area is 96.1 Å². The number of nitrogens with one attached hydrogen (secondary N) is 2. The predicted molar refractivity (Wildman–Crippen MR) is 57.6 cm³/mol. The van der Waals surface area contributed by atoms with Gasteiger partial charge >= 0.3 is 5.97 Å². The fraction of sp³-hybridized carbons (Fsp3) is 0.300. The number of aliphatic carboxylic acids is 1. The maximum atomic E-state index is 11.6. The molecule has 0 radical (unpaired) electrons. The van der Waals surface area contributed by atoms with Crippen molar-refractivity contribution in [2.24, 2.45) is 0 Å². The molecule has 0 aliphatic carbocycles. The second-order valence-corrected chi connectivity index (χ2v) is 3.45. The quantitative estimate of drug-likeness (QED) is 0.534. The number of carboxylic acids is 1. The Hall–Kier alpha value is -2.15. The van der Waals surface area contributed by atoms with Crippen molar-refractivity contribution < 1.29 is 19.8 Å². The van der Waals surface area contributed by atoms with Crippen LogP contribution in [0.4, 0.5) is 0 Å². The molecule has 1 heterocycles. The van der Waals surface area contributed by atoms with Gasteiger partial charge in [-0.2, -0.15) is 0 Å². The second-order valence-electron chi connectivity index (χ2n) is 3.45. The Morgan fingerprint density at radius 1 is 1.47 bits per heavy atom. The number of carbonyl (C=O) groups is 2. The average Bonchev–Trinajstić information content (AvgIpc) is 2.25. The predicted octanol–water partition coefficient (Wildman–Crippen LogP) is -1.06. The van der Waals surface area contributed by atoms with Crippen LogP contribution in [0.5, 0.6) is 0 Å². The summed E-state index contributed by atoms with van der Waals surface area (Å²) in [6, 6.07) is -0.310. The Morgan fingerprint density at radius 3 is 2.59 bits per heavy atom. The Kier molecular flexibility index (Phi) is 4.00. The fourth-order valence-electron chi connectivity index (χ4n) is 1.20. The summed E-state index contributed by atoms with van der Waals surface area (Å²) in [5, 5.41) is 20.0. The smallest absolute Gasteiger partial charge is 0.328 e. The summed E-state index contributed by atoms with van der Waals surface area (Å²) in [6.45, 7) is 1.23. The number of hydrogen-bond donors (Lipinski definition) is 4. The summed E-state index contributed by atoms with van der Waals surface area (Å²) >= 11 is 0. The molecule has 0 fully saturated rings. The van der Waals surface area contributed by atoms with Crippen molar-refractivity contribution in [3.8, 4) is 0 Å². The molecule has 0 spiro atoms. The van der Waals surface area contributed by atoms with Gasteiger partial charge in [-0.3, -0.25) is 9.59 Å². The lowest BCUT2D eigenvalue weighted by molar-refractivity contribution is -0.141. The zero-order valence-corrected chi connectivity index (χ0v) is 9.01. The number of hydrogen-bond acceptors (Lipinski definition) is 4. The lowest BCUT2D eigenvalue weighted by Crippen LogP contribution is -2.48. The van der Waals surface area contributed by atoms with E-state index in [1.807, 2.05) is 0 Å². The van der Waals surface area contributed by atoms with E-state index in [0.717, 1.165) is 6.07 Å². The van der Waals surface area contributed by atoms with Crippen molar-refractivity contribution in [1.29, 1.82) is 0 Å². The maximum Gasteiger partial charge on any atom is 0.328 e. The van der Waals surface area contributed by atoms with Crippen molar-refractivity contribution >= 4 is 11.9 Å². The molecule has 0 aliphatic rings. The lowest BCUT2D eigenvalue weighted by Gasteiger charge is -2.16. The maximum absolute atomic E-state index is 11.6. The summed E-state index contributed by atoms with van der Waals surface area (Å²) in [5.41, 5.74) is -0.740. The number of carboxylic acid groups (broad SMARTS) is 1. The van der Waals surface area contributed by atoms with Gasteiger partial charge in [-0.05, 0) is 6.92 Å². The van der Waals surface area contributed by atoms with E-state index < -0.39 is 29.5 Å². The van der Waals surface area contributed by atoms with Gasteiger partial charge in [0.15, 0.2) is 11.5 Å². The average molecular weight is 240 g/mol. The molecule has 1 aromatic rings. The Morgan fingerprint density at radius 2 is 2.12 bits per heavy atom. The number of amides is 1. The Balaban J connectivity index is 2.89. The number of H-pyrrole nitrogens is 1. The van der Waals surface area contributed by atoms with Gasteiger partial charge in [0.1, 0.15) is 5.56 Å². The third kappa shape index (κ3) is 3.15. The molecule has 92 valence electrons. The second kappa shape index (κ2) is 5.26. The SMILES string of the molecule is C[C@@H](O)[C@H](NC(=O)c1c[nH]ccc1=O)C(=O)O. The highest BCUT2D eigenvalue weighted by Gasteiger charge is 2.26. The summed E-state index contributed by atoms with van der Waals surface area (Å²) in [5.74, 6) is -2.22. The molecule has 0 bridgehead atoms. The van der Waals surface area contributed by atoms with Crippen molar-refractivity contribution in [2.75, 3.05) is 0 Å². The molecule has 2 atom stereocenters. The third-order valence-electron chi connectivity index (χ3n) is 2.10. The minimum absolute atomic E-state index is 0.209. The van der Waals surface area contributed by atoms with E-state index >= 15 is 0 Å². The highest BCUT2D eigenvalue weighted by Crippen LogP contribution is 1.96. The molecule has 17 heavy (non-hydrogen) atoms. The molecule has 0 saturated heterocycles. The number of aliphatic hydroxyl groups excluding tert-OH is 1. The van der Waals surface area contributed by atoms with E-state index in [0.29, 0.717) is 0 Å². The van der Waals surface area contributed by atoms with Crippen LogP contribution in [-0.2, 0) is 4.79 Å². The van der Waals surface area contributed by atoms with Crippen molar-refractivity contribution in [3.05, 3.63) is 34.2 Å². The fourth-order valence-corrected chi connectivity index (χ4v) is 1.20. The van der Waals surface area contributed by atoms with E-state index in [1.54, 1.807) is 0 Å². The largest absolute Gasteiger partial charge is 0.480 e.